The highest BCUT2D eigenvalue weighted by atomic mass is 19.3. The van der Waals surface area contributed by atoms with Crippen LogP contribution in [0.25, 0.3) is 0 Å². The van der Waals surface area contributed by atoms with Crippen LogP contribution in [0.15, 0.2) is 91.0 Å². The van der Waals surface area contributed by atoms with Gasteiger partial charge in [-0.1, -0.05) is 105 Å². The molecule has 0 aliphatic rings. The van der Waals surface area contributed by atoms with Crippen LogP contribution in [0.3, 0.4) is 0 Å². The molecule has 4 heteroatoms. The Kier molecular flexibility index (Phi) is 5.96. The van der Waals surface area contributed by atoms with Gasteiger partial charge >= 0.3 is 0 Å². The normalized spacial score (nSPS) is 12.3. The fourth-order valence-electron chi connectivity index (χ4n) is 4.49. The van der Waals surface area contributed by atoms with Gasteiger partial charge in [0.25, 0.3) is 0 Å². The lowest BCUT2D eigenvalue weighted by Crippen LogP contribution is -2.34. The predicted molar refractivity (Wildman–Crippen MR) is 125 cm³/mol. The molecule has 0 aliphatic heterocycles. The second kappa shape index (κ2) is 8.70. The van der Waals surface area contributed by atoms with Crippen molar-refractivity contribution in [3.63, 3.8) is 0 Å². The van der Waals surface area contributed by atoms with E-state index in [0.29, 0.717) is 5.82 Å². The number of nitrogens with zero attached hydrogens (tertiary/aromatic N) is 1. The first-order chi connectivity index (χ1) is 15.4. The molecule has 0 amide bonds. The molecule has 0 bridgehead atoms. The Morgan fingerprint density at radius 1 is 0.750 bits per heavy atom. The minimum absolute atomic E-state index is 0.190. The Morgan fingerprint density at radius 2 is 1.16 bits per heavy atom. The predicted octanol–water partition coefficient (Wildman–Crippen LogP) is 6.93. The maximum Gasteiger partial charge on any atom is 0.244 e. The summed E-state index contributed by atoms with van der Waals surface area (Å²) in [5.74, 6) is 0.715. The lowest BCUT2D eigenvalue weighted by molar-refractivity contribution is 0.0192. The molecule has 0 atom stereocenters. The molecule has 0 radical (unpaired) electrons. The summed E-state index contributed by atoms with van der Waals surface area (Å²) in [4.78, 5) is 8.28. The second-order valence-corrected chi connectivity index (χ2v) is 8.96. The number of rotatable bonds is 7. The van der Waals surface area contributed by atoms with E-state index < -0.39 is 17.3 Å². The van der Waals surface area contributed by atoms with Gasteiger partial charge < -0.3 is 4.98 Å². The van der Waals surface area contributed by atoms with Gasteiger partial charge in [-0.3, -0.25) is 0 Å². The van der Waals surface area contributed by atoms with Gasteiger partial charge in [-0.15, -0.1) is 0 Å². The molecule has 1 heterocycles. The number of benzene rings is 3. The van der Waals surface area contributed by atoms with E-state index in [-0.39, 0.29) is 6.42 Å². The highest BCUT2D eigenvalue weighted by Gasteiger charge is 2.43. The Morgan fingerprint density at radius 3 is 1.53 bits per heavy atom. The minimum atomic E-state index is -2.45. The van der Waals surface area contributed by atoms with Gasteiger partial charge in [0.15, 0.2) is 0 Å². The van der Waals surface area contributed by atoms with E-state index in [1.165, 1.54) is 0 Å². The number of nitrogens with one attached hydrogen (secondary N) is 1. The van der Waals surface area contributed by atoms with Gasteiger partial charge in [-0.25, -0.2) is 13.8 Å². The molecule has 2 nitrogen and oxygen atoms in total. The fourth-order valence-corrected chi connectivity index (χ4v) is 4.49. The Labute approximate surface area is 188 Å². The third kappa shape index (κ3) is 3.86. The Hall–Kier alpha value is -3.27. The third-order valence-electron chi connectivity index (χ3n) is 6.10. The van der Waals surface area contributed by atoms with Crippen LogP contribution in [-0.2, 0) is 11.8 Å². The number of halogens is 2. The zero-order chi connectivity index (χ0) is 22.8. The minimum Gasteiger partial charge on any atom is -0.346 e. The van der Waals surface area contributed by atoms with E-state index in [9.17, 15) is 8.78 Å². The van der Waals surface area contributed by atoms with Gasteiger partial charge in [0.1, 0.15) is 5.82 Å². The molecule has 1 N–H and O–H groups in total. The van der Waals surface area contributed by atoms with Crippen molar-refractivity contribution in [2.45, 2.75) is 39.0 Å². The van der Waals surface area contributed by atoms with Gasteiger partial charge in [0.2, 0.25) is 6.43 Å². The molecule has 0 saturated carbocycles. The summed E-state index contributed by atoms with van der Waals surface area (Å²) in [5.41, 5.74) is 2.70. The van der Waals surface area contributed by atoms with E-state index in [1.807, 2.05) is 61.5 Å². The molecule has 0 unspecified atom stereocenters. The fraction of sp³-hybridized carbons (Fsp3) is 0.250. The number of hydrogen-bond donors (Lipinski definition) is 1. The topological polar surface area (TPSA) is 28.7 Å². The molecule has 1 aromatic heterocycles. The number of aromatic nitrogens is 2. The maximum absolute atomic E-state index is 13.9. The molecule has 0 saturated heterocycles. The van der Waals surface area contributed by atoms with E-state index in [1.54, 1.807) is 13.8 Å². The molecule has 0 aliphatic carbocycles. The molecule has 32 heavy (non-hydrogen) atoms. The van der Waals surface area contributed by atoms with Crippen molar-refractivity contribution < 1.29 is 8.78 Å². The van der Waals surface area contributed by atoms with Crippen LogP contribution in [0.1, 0.15) is 47.8 Å². The number of aromatic amines is 1. The van der Waals surface area contributed by atoms with E-state index >= 15 is 0 Å². The first-order valence-electron chi connectivity index (χ1n) is 10.9. The second-order valence-electron chi connectivity index (χ2n) is 8.96. The molecule has 0 spiro atoms. The lowest BCUT2D eigenvalue weighted by Gasteiger charge is -2.36. The molecule has 0 fully saturated rings. The van der Waals surface area contributed by atoms with Crippen molar-refractivity contribution in [1.29, 1.82) is 0 Å². The average Bonchev–Trinajstić information content (AvgIpc) is 3.16. The lowest BCUT2D eigenvalue weighted by atomic mass is 9.66. The van der Waals surface area contributed by atoms with Gasteiger partial charge in [0.05, 0.1) is 11.1 Å². The quantitative estimate of drug-likeness (QED) is 0.316. The largest absolute Gasteiger partial charge is 0.346 e. The number of imidazole rings is 1. The Balaban J connectivity index is 2.09. The van der Waals surface area contributed by atoms with Crippen LogP contribution in [0.2, 0.25) is 0 Å². The standard InChI is InChI=1S/C28H28F2N2/c1-20-31-24(19-27(2,3)26(29)30)25(32-20)28(21-13-7-4-8-14-21,22-15-9-5-10-16-22)23-17-11-6-12-18-23/h4-18,26H,19H2,1-3H3,(H,31,32). The highest BCUT2D eigenvalue weighted by Crippen LogP contribution is 2.46. The van der Waals surface area contributed by atoms with Crippen molar-refractivity contribution in [1.82, 2.24) is 9.97 Å². The average molecular weight is 431 g/mol. The zero-order valence-electron chi connectivity index (χ0n) is 18.6. The number of alkyl halides is 2. The van der Waals surface area contributed by atoms with E-state index in [2.05, 4.69) is 41.4 Å². The monoisotopic (exact) mass is 430 g/mol. The molecule has 164 valence electrons. The van der Waals surface area contributed by atoms with Gasteiger partial charge in [0, 0.05) is 11.1 Å². The summed E-state index contributed by atoms with van der Waals surface area (Å²) in [7, 11) is 0. The first kappa shape index (κ1) is 21.9. The van der Waals surface area contributed by atoms with Crippen LogP contribution in [-0.4, -0.2) is 16.4 Å². The summed E-state index contributed by atoms with van der Waals surface area (Å²) in [5, 5.41) is 0. The summed E-state index contributed by atoms with van der Waals surface area (Å²) >= 11 is 0. The van der Waals surface area contributed by atoms with Crippen LogP contribution in [0.4, 0.5) is 8.78 Å². The highest BCUT2D eigenvalue weighted by molar-refractivity contribution is 5.59. The van der Waals surface area contributed by atoms with Crippen molar-refractivity contribution in [2.24, 2.45) is 5.41 Å². The first-order valence-corrected chi connectivity index (χ1v) is 10.9. The van der Waals surface area contributed by atoms with Crippen molar-refractivity contribution in [3.8, 4) is 0 Å². The smallest absolute Gasteiger partial charge is 0.244 e. The summed E-state index contributed by atoms with van der Waals surface area (Å²) in [6.45, 7) is 5.09. The van der Waals surface area contributed by atoms with Crippen molar-refractivity contribution in [2.75, 3.05) is 0 Å². The van der Waals surface area contributed by atoms with Crippen molar-refractivity contribution in [3.05, 3.63) is 125 Å². The van der Waals surface area contributed by atoms with Crippen LogP contribution >= 0.6 is 0 Å². The molecule has 3 aromatic carbocycles. The van der Waals surface area contributed by atoms with Gasteiger partial charge in [-0.05, 0) is 30.0 Å². The third-order valence-corrected chi connectivity index (χ3v) is 6.10. The molecule has 4 aromatic rings. The number of aryl methyl sites for hydroxylation is 1. The molecular formula is C28H28F2N2. The van der Waals surface area contributed by atoms with E-state index in [4.69, 9.17) is 4.98 Å². The zero-order valence-corrected chi connectivity index (χ0v) is 18.6. The maximum atomic E-state index is 13.9. The van der Waals surface area contributed by atoms with Crippen LogP contribution in [0, 0.1) is 12.3 Å². The Bertz CT molecular complexity index is 1050. The van der Waals surface area contributed by atoms with E-state index in [0.717, 1.165) is 28.1 Å². The summed E-state index contributed by atoms with van der Waals surface area (Å²) in [6.07, 6.45) is -2.26. The van der Waals surface area contributed by atoms with Gasteiger partial charge in [-0.2, -0.15) is 0 Å². The molecular weight excluding hydrogens is 402 g/mol. The molecule has 4 rings (SSSR count). The number of hydrogen-bond acceptors (Lipinski definition) is 1. The van der Waals surface area contributed by atoms with Crippen LogP contribution < -0.4 is 0 Å². The van der Waals surface area contributed by atoms with Crippen LogP contribution in [0.5, 0.6) is 0 Å². The number of H-pyrrole nitrogens is 1. The summed E-state index contributed by atoms with van der Waals surface area (Å²) < 4.78 is 27.7. The summed E-state index contributed by atoms with van der Waals surface area (Å²) in [6, 6.07) is 30.6. The van der Waals surface area contributed by atoms with Crippen molar-refractivity contribution >= 4 is 0 Å². The SMILES string of the molecule is Cc1nc(C(c2ccccc2)(c2ccccc2)c2ccccc2)c(CC(C)(C)C(F)F)[nH]1.